The first-order chi connectivity index (χ1) is 34.0. The van der Waals surface area contributed by atoms with Gasteiger partial charge in [0.1, 0.15) is 0 Å². The molecular weight excluding hydrogens is 831 g/mol. The van der Waals surface area contributed by atoms with E-state index in [4.69, 9.17) is 0 Å². The van der Waals surface area contributed by atoms with Gasteiger partial charge in [0.25, 0.3) is 0 Å². The zero-order valence-corrected chi connectivity index (χ0v) is 38.8. The van der Waals surface area contributed by atoms with E-state index in [1.807, 2.05) is 0 Å². The predicted molar refractivity (Wildman–Crippen MR) is 290 cm³/mol. The maximum atomic E-state index is 2.52. The maximum Gasteiger partial charge on any atom is 0.0713 e. The normalized spacial score (nSPS) is 13.6. The van der Waals surface area contributed by atoms with Gasteiger partial charge in [-0.25, -0.2) is 0 Å². The van der Waals surface area contributed by atoms with Crippen LogP contribution >= 0.6 is 0 Å². The summed E-state index contributed by atoms with van der Waals surface area (Å²) < 4.78 is 0. The Hall–Kier alpha value is -8.52. The Morgan fingerprint density at radius 1 is 0.261 bits per heavy atom. The molecule has 0 unspecified atom stereocenters. The molecule has 0 saturated heterocycles. The van der Waals surface area contributed by atoms with Gasteiger partial charge < -0.3 is 4.90 Å². The van der Waals surface area contributed by atoms with Gasteiger partial charge in [0.15, 0.2) is 0 Å². The minimum atomic E-state index is -0.509. The van der Waals surface area contributed by atoms with E-state index < -0.39 is 5.41 Å². The number of benzene rings is 11. The average Bonchev–Trinajstić information content (AvgIpc) is 3.84. The van der Waals surface area contributed by atoms with Crippen molar-refractivity contribution in [1.82, 2.24) is 0 Å². The Bertz CT molecular complexity index is 3680. The number of nitrogens with zero attached hydrogens (tertiary/aromatic N) is 1. The summed E-state index contributed by atoms with van der Waals surface area (Å²) in [5, 5.41) is 2.46. The highest BCUT2D eigenvalue weighted by Gasteiger charge is 2.46. The molecule has 13 rings (SSSR count). The molecule has 1 nitrogen and oxygen atoms in total. The Morgan fingerprint density at radius 3 is 1.41 bits per heavy atom. The fourth-order valence-corrected chi connectivity index (χ4v) is 11.8. The van der Waals surface area contributed by atoms with Crippen molar-refractivity contribution >= 4 is 27.8 Å². The highest BCUT2D eigenvalue weighted by Crippen LogP contribution is 2.58. The van der Waals surface area contributed by atoms with Crippen molar-refractivity contribution in [3.05, 3.63) is 294 Å². The number of anilines is 3. The average molecular weight is 880 g/mol. The molecule has 0 aliphatic heterocycles. The first-order valence-electron chi connectivity index (χ1n) is 24.2. The van der Waals surface area contributed by atoms with Crippen molar-refractivity contribution in [2.24, 2.45) is 0 Å². The molecule has 0 atom stereocenters. The molecule has 11 aromatic rings. The van der Waals surface area contributed by atoms with Crippen LogP contribution in [0.1, 0.15) is 47.2 Å². The highest BCUT2D eigenvalue weighted by molar-refractivity contribution is 5.98. The van der Waals surface area contributed by atoms with Crippen LogP contribution < -0.4 is 4.90 Å². The first kappa shape index (κ1) is 40.7. The Labute approximate surface area is 405 Å². The summed E-state index contributed by atoms with van der Waals surface area (Å²) in [6, 6.07) is 96.9. The second-order valence-electron chi connectivity index (χ2n) is 19.2. The van der Waals surface area contributed by atoms with Crippen molar-refractivity contribution in [2.75, 3.05) is 4.90 Å². The second-order valence-corrected chi connectivity index (χ2v) is 19.2. The molecule has 0 spiro atoms. The molecule has 0 aromatic heterocycles. The Kier molecular flexibility index (Phi) is 9.49. The second kappa shape index (κ2) is 16.1. The summed E-state index contributed by atoms with van der Waals surface area (Å²) in [5.41, 5.74) is 23.0. The largest absolute Gasteiger partial charge is 0.310 e. The standard InChI is InChI=1S/C68H49N/c1-67(2)63-28-16-14-26-57(63)59-41-40-56(43-65(59)67)69(54-36-32-48(33-37-54)46-18-6-3-7-19-46)55-38-34-49(35-39-55)60-44-62-58-27-15-17-29-64(58)68(52-22-8-4-9-23-52,53-24-10-5-11-25-53)66(62)45-61(60)51-31-30-47-20-12-13-21-50(47)42-51/h3-45H,1-2H3. The summed E-state index contributed by atoms with van der Waals surface area (Å²) in [7, 11) is 0. The third kappa shape index (κ3) is 6.46. The monoisotopic (exact) mass is 879 g/mol. The lowest BCUT2D eigenvalue weighted by Gasteiger charge is -2.34. The molecule has 0 heterocycles. The van der Waals surface area contributed by atoms with Crippen LogP contribution in [0.3, 0.4) is 0 Å². The SMILES string of the molecule is CC1(C)c2ccccc2-c2ccc(N(c3ccc(-c4ccccc4)cc3)c3ccc(-c4cc5c(cc4-c4ccc6ccccc6c4)C(c4ccccc4)(c4ccccc4)c4ccccc4-5)cc3)cc21. The van der Waals surface area contributed by atoms with Crippen LogP contribution in [0, 0.1) is 0 Å². The summed E-state index contributed by atoms with van der Waals surface area (Å²) in [4.78, 5) is 2.43. The molecule has 2 aliphatic rings. The Balaban J connectivity index is 1.00. The van der Waals surface area contributed by atoms with Gasteiger partial charge in [0.05, 0.1) is 5.41 Å². The van der Waals surface area contributed by atoms with E-state index in [1.165, 1.54) is 99.8 Å². The molecule has 326 valence electrons. The summed E-state index contributed by atoms with van der Waals surface area (Å²) in [6.45, 7) is 4.72. The van der Waals surface area contributed by atoms with Gasteiger partial charge in [0, 0.05) is 22.5 Å². The van der Waals surface area contributed by atoms with E-state index in [2.05, 4.69) is 280 Å². The molecule has 0 N–H and O–H groups in total. The van der Waals surface area contributed by atoms with Crippen LogP contribution in [0.25, 0.3) is 66.4 Å². The van der Waals surface area contributed by atoms with Crippen LogP contribution in [0.4, 0.5) is 17.1 Å². The quantitative estimate of drug-likeness (QED) is 0.147. The van der Waals surface area contributed by atoms with E-state index in [1.54, 1.807) is 0 Å². The van der Waals surface area contributed by atoms with Crippen LogP contribution in [0.5, 0.6) is 0 Å². The highest BCUT2D eigenvalue weighted by atomic mass is 15.1. The summed E-state index contributed by atoms with van der Waals surface area (Å²) in [5.74, 6) is 0. The molecule has 0 bridgehead atoms. The summed E-state index contributed by atoms with van der Waals surface area (Å²) >= 11 is 0. The number of hydrogen-bond donors (Lipinski definition) is 0. The third-order valence-corrected chi connectivity index (χ3v) is 15.2. The van der Waals surface area contributed by atoms with Gasteiger partial charge in [-0.1, -0.05) is 220 Å². The Morgan fingerprint density at radius 2 is 0.739 bits per heavy atom. The molecule has 0 fully saturated rings. The minimum absolute atomic E-state index is 0.126. The molecule has 1 heteroatoms. The summed E-state index contributed by atoms with van der Waals surface area (Å²) in [6.07, 6.45) is 0. The lowest BCUT2D eigenvalue weighted by atomic mass is 9.67. The van der Waals surface area contributed by atoms with Gasteiger partial charge in [0.2, 0.25) is 0 Å². The van der Waals surface area contributed by atoms with Crippen LogP contribution in [-0.4, -0.2) is 0 Å². The van der Waals surface area contributed by atoms with Crippen LogP contribution in [-0.2, 0) is 10.8 Å². The molecule has 11 aromatic carbocycles. The van der Waals surface area contributed by atoms with Gasteiger partial charge >= 0.3 is 0 Å². The van der Waals surface area contributed by atoms with E-state index in [0.717, 1.165) is 17.1 Å². The lowest BCUT2D eigenvalue weighted by molar-refractivity contribution is 0.660. The fourth-order valence-electron chi connectivity index (χ4n) is 11.8. The smallest absolute Gasteiger partial charge is 0.0713 e. The molecule has 2 aliphatic carbocycles. The van der Waals surface area contributed by atoms with Crippen molar-refractivity contribution in [3.63, 3.8) is 0 Å². The van der Waals surface area contributed by atoms with Crippen LogP contribution in [0.15, 0.2) is 261 Å². The lowest BCUT2D eigenvalue weighted by Crippen LogP contribution is -2.28. The van der Waals surface area contributed by atoms with Crippen molar-refractivity contribution in [2.45, 2.75) is 24.7 Å². The van der Waals surface area contributed by atoms with Gasteiger partial charge in [-0.3, -0.25) is 0 Å². The molecule has 69 heavy (non-hydrogen) atoms. The predicted octanol–water partition coefficient (Wildman–Crippen LogP) is 18.0. The fraction of sp³-hybridized carbons (Fsp3) is 0.0588. The first-order valence-corrected chi connectivity index (χ1v) is 24.2. The van der Waals surface area contributed by atoms with Gasteiger partial charge in [-0.15, -0.1) is 0 Å². The van der Waals surface area contributed by atoms with Crippen molar-refractivity contribution in [3.8, 4) is 55.6 Å². The van der Waals surface area contributed by atoms with E-state index in [0.29, 0.717) is 0 Å². The van der Waals surface area contributed by atoms with E-state index in [9.17, 15) is 0 Å². The molecule has 0 saturated carbocycles. The topological polar surface area (TPSA) is 3.24 Å². The zero-order valence-electron chi connectivity index (χ0n) is 38.8. The van der Waals surface area contributed by atoms with Crippen LogP contribution in [0.2, 0.25) is 0 Å². The van der Waals surface area contributed by atoms with E-state index in [-0.39, 0.29) is 5.41 Å². The molecule has 0 amide bonds. The number of fused-ring (bicyclic) bond motifs is 7. The molecular formula is C68H49N. The van der Waals surface area contributed by atoms with Crippen molar-refractivity contribution < 1.29 is 0 Å². The van der Waals surface area contributed by atoms with Gasteiger partial charge in [-0.05, 0) is 154 Å². The number of hydrogen-bond acceptors (Lipinski definition) is 1. The zero-order chi connectivity index (χ0) is 46.1. The third-order valence-electron chi connectivity index (χ3n) is 15.2. The van der Waals surface area contributed by atoms with Gasteiger partial charge in [-0.2, -0.15) is 0 Å². The minimum Gasteiger partial charge on any atom is -0.310 e. The number of rotatable bonds is 8. The van der Waals surface area contributed by atoms with Crippen molar-refractivity contribution in [1.29, 1.82) is 0 Å². The molecule has 0 radical (unpaired) electrons. The van der Waals surface area contributed by atoms with E-state index >= 15 is 0 Å². The maximum absolute atomic E-state index is 2.52.